The predicted molar refractivity (Wildman–Crippen MR) is 64.2 cm³/mol. The zero-order valence-corrected chi connectivity index (χ0v) is 10.5. The number of halogens is 1. The van der Waals surface area contributed by atoms with Gasteiger partial charge in [0.15, 0.2) is 5.22 Å². The molecule has 0 saturated heterocycles. The minimum atomic E-state index is 0.280. The van der Waals surface area contributed by atoms with Crippen LogP contribution in [0.3, 0.4) is 0 Å². The quantitative estimate of drug-likeness (QED) is 0.797. The van der Waals surface area contributed by atoms with Crippen LogP contribution in [0.1, 0.15) is 45.4 Å². The van der Waals surface area contributed by atoms with E-state index in [2.05, 4.69) is 26.1 Å². The lowest BCUT2D eigenvalue weighted by atomic mass is 9.97. The molecule has 86 valence electrons. The van der Waals surface area contributed by atoms with E-state index in [0.717, 1.165) is 25.1 Å². The van der Waals surface area contributed by atoms with Crippen molar-refractivity contribution >= 4 is 11.6 Å². The van der Waals surface area contributed by atoms with Crippen molar-refractivity contribution in [1.82, 2.24) is 5.32 Å². The Bertz CT molecular complexity index is 285. The van der Waals surface area contributed by atoms with Crippen LogP contribution in [-0.4, -0.2) is 6.54 Å². The van der Waals surface area contributed by atoms with Crippen LogP contribution < -0.4 is 5.32 Å². The van der Waals surface area contributed by atoms with E-state index in [-0.39, 0.29) is 6.04 Å². The number of furan rings is 1. The molecule has 0 radical (unpaired) electrons. The number of nitrogens with one attached hydrogen (secondary N) is 1. The molecular formula is C12H20ClNO. The minimum absolute atomic E-state index is 0.280. The molecule has 0 spiro atoms. The van der Waals surface area contributed by atoms with E-state index in [1.165, 1.54) is 0 Å². The molecule has 0 bridgehead atoms. The van der Waals surface area contributed by atoms with E-state index < -0.39 is 0 Å². The van der Waals surface area contributed by atoms with Crippen molar-refractivity contribution in [3.8, 4) is 0 Å². The summed E-state index contributed by atoms with van der Waals surface area (Å²) in [4.78, 5) is 0. The van der Waals surface area contributed by atoms with Crippen molar-refractivity contribution in [3.63, 3.8) is 0 Å². The standard InChI is InChI=1S/C12H20ClNO/c1-4-8-14-12(9(3)5-2)10-6-7-11(13)15-10/h6-7,9,12,14H,4-5,8H2,1-3H3. The molecule has 1 rings (SSSR count). The topological polar surface area (TPSA) is 25.2 Å². The van der Waals surface area contributed by atoms with Crippen molar-refractivity contribution in [3.05, 3.63) is 23.1 Å². The van der Waals surface area contributed by atoms with Crippen molar-refractivity contribution in [2.45, 2.75) is 39.7 Å². The zero-order chi connectivity index (χ0) is 11.3. The van der Waals surface area contributed by atoms with Crippen LogP contribution >= 0.6 is 11.6 Å². The largest absolute Gasteiger partial charge is 0.448 e. The smallest absolute Gasteiger partial charge is 0.193 e. The summed E-state index contributed by atoms with van der Waals surface area (Å²) in [6, 6.07) is 4.05. The fourth-order valence-electron chi connectivity index (χ4n) is 1.61. The Kier molecular flexibility index (Phi) is 5.20. The number of hydrogen-bond donors (Lipinski definition) is 1. The normalized spacial score (nSPS) is 15.2. The van der Waals surface area contributed by atoms with Gasteiger partial charge in [-0.15, -0.1) is 0 Å². The monoisotopic (exact) mass is 229 g/mol. The van der Waals surface area contributed by atoms with Gasteiger partial charge in [0.25, 0.3) is 0 Å². The first-order valence-corrected chi connectivity index (χ1v) is 6.05. The Morgan fingerprint density at radius 1 is 1.40 bits per heavy atom. The van der Waals surface area contributed by atoms with Crippen LogP contribution in [0, 0.1) is 5.92 Å². The molecule has 0 amide bonds. The Balaban J connectivity index is 2.71. The predicted octanol–water partition coefficient (Wildman–Crippen LogP) is 4.02. The summed E-state index contributed by atoms with van der Waals surface area (Å²) in [7, 11) is 0. The molecule has 2 nitrogen and oxygen atoms in total. The van der Waals surface area contributed by atoms with Gasteiger partial charge in [-0.25, -0.2) is 0 Å². The van der Waals surface area contributed by atoms with E-state index >= 15 is 0 Å². The fourth-order valence-corrected chi connectivity index (χ4v) is 1.77. The average Bonchev–Trinajstić information content (AvgIpc) is 2.65. The van der Waals surface area contributed by atoms with Crippen LogP contribution in [0.4, 0.5) is 0 Å². The molecule has 1 aromatic heterocycles. The van der Waals surface area contributed by atoms with Crippen LogP contribution in [0.2, 0.25) is 5.22 Å². The highest BCUT2D eigenvalue weighted by Crippen LogP contribution is 2.27. The van der Waals surface area contributed by atoms with Crippen LogP contribution in [-0.2, 0) is 0 Å². The molecule has 1 N–H and O–H groups in total. The van der Waals surface area contributed by atoms with Gasteiger partial charge in [-0.05, 0) is 42.6 Å². The molecule has 2 unspecified atom stereocenters. The number of hydrogen-bond acceptors (Lipinski definition) is 2. The lowest BCUT2D eigenvalue weighted by Gasteiger charge is -2.22. The fraction of sp³-hybridized carbons (Fsp3) is 0.667. The third kappa shape index (κ3) is 3.54. The molecule has 0 fully saturated rings. The SMILES string of the molecule is CCCNC(c1ccc(Cl)o1)C(C)CC. The van der Waals surface area contributed by atoms with Crippen LogP contribution in [0.15, 0.2) is 16.5 Å². The molecule has 1 aromatic rings. The summed E-state index contributed by atoms with van der Waals surface area (Å²) >= 11 is 5.79. The Morgan fingerprint density at radius 3 is 2.60 bits per heavy atom. The van der Waals surface area contributed by atoms with E-state index in [0.29, 0.717) is 11.1 Å². The Hall–Kier alpha value is -0.470. The number of rotatable bonds is 6. The maximum absolute atomic E-state index is 5.79. The third-order valence-electron chi connectivity index (χ3n) is 2.73. The van der Waals surface area contributed by atoms with E-state index in [1.54, 1.807) is 6.07 Å². The highest BCUT2D eigenvalue weighted by atomic mass is 35.5. The summed E-state index contributed by atoms with van der Waals surface area (Å²) in [5, 5.41) is 3.97. The first-order chi connectivity index (χ1) is 7.19. The molecule has 0 saturated carbocycles. The van der Waals surface area contributed by atoms with Crippen LogP contribution in [0.25, 0.3) is 0 Å². The molecule has 0 aliphatic rings. The zero-order valence-electron chi connectivity index (χ0n) is 9.72. The summed E-state index contributed by atoms with van der Waals surface area (Å²) in [6.45, 7) is 7.59. The second-order valence-electron chi connectivity index (χ2n) is 3.96. The minimum Gasteiger partial charge on any atom is -0.448 e. The van der Waals surface area contributed by atoms with Crippen molar-refractivity contribution in [2.24, 2.45) is 5.92 Å². The molecule has 0 aliphatic carbocycles. The average molecular weight is 230 g/mol. The summed E-state index contributed by atoms with van der Waals surface area (Å²) in [5.41, 5.74) is 0. The molecule has 3 heteroatoms. The lowest BCUT2D eigenvalue weighted by molar-refractivity contribution is 0.320. The van der Waals surface area contributed by atoms with Crippen molar-refractivity contribution < 1.29 is 4.42 Å². The highest BCUT2D eigenvalue weighted by Gasteiger charge is 2.20. The Labute approximate surface area is 97.0 Å². The van der Waals surface area contributed by atoms with Crippen LogP contribution in [0.5, 0.6) is 0 Å². The van der Waals surface area contributed by atoms with Gasteiger partial charge in [0.05, 0.1) is 6.04 Å². The van der Waals surface area contributed by atoms with Gasteiger partial charge < -0.3 is 9.73 Å². The van der Waals surface area contributed by atoms with Gasteiger partial charge in [-0.3, -0.25) is 0 Å². The summed E-state index contributed by atoms with van der Waals surface area (Å²) in [5.74, 6) is 1.50. The molecule has 2 atom stereocenters. The maximum Gasteiger partial charge on any atom is 0.193 e. The third-order valence-corrected chi connectivity index (χ3v) is 2.93. The first-order valence-electron chi connectivity index (χ1n) is 5.67. The molecule has 0 aromatic carbocycles. The molecule has 15 heavy (non-hydrogen) atoms. The molecular weight excluding hydrogens is 210 g/mol. The van der Waals surface area contributed by atoms with Gasteiger partial charge in [-0.2, -0.15) is 0 Å². The van der Waals surface area contributed by atoms with Crippen molar-refractivity contribution in [1.29, 1.82) is 0 Å². The van der Waals surface area contributed by atoms with Gasteiger partial charge in [0.2, 0.25) is 0 Å². The lowest BCUT2D eigenvalue weighted by Crippen LogP contribution is -2.27. The van der Waals surface area contributed by atoms with Gasteiger partial charge in [-0.1, -0.05) is 27.2 Å². The summed E-state index contributed by atoms with van der Waals surface area (Å²) < 4.78 is 5.47. The van der Waals surface area contributed by atoms with E-state index in [4.69, 9.17) is 16.0 Å². The van der Waals surface area contributed by atoms with Gasteiger partial charge in [0.1, 0.15) is 5.76 Å². The first kappa shape index (κ1) is 12.6. The second-order valence-corrected chi connectivity index (χ2v) is 4.33. The Morgan fingerprint density at radius 2 is 2.13 bits per heavy atom. The van der Waals surface area contributed by atoms with E-state index in [1.807, 2.05) is 6.07 Å². The highest BCUT2D eigenvalue weighted by molar-refractivity contribution is 6.28. The van der Waals surface area contributed by atoms with Crippen molar-refractivity contribution in [2.75, 3.05) is 6.54 Å². The second kappa shape index (κ2) is 6.19. The van der Waals surface area contributed by atoms with E-state index in [9.17, 15) is 0 Å². The van der Waals surface area contributed by atoms with Gasteiger partial charge >= 0.3 is 0 Å². The maximum atomic E-state index is 5.79. The van der Waals surface area contributed by atoms with Gasteiger partial charge in [0, 0.05) is 0 Å². The molecule has 1 heterocycles. The molecule has 0 aliphatic heterocycles. The summed E-state index contributed by atoms with van der Waals surface area (Å²) in [6.07, 6.45) is 2.25.